The molecule has 0 fully saturated rings. The van der Waals surface area contributed by atoms with E-state index in [0.29, 0.717) is 17.8 Å². The fourth-order valence-corrected chi connectivity index (χ4v) is 3.96. The van der Waals surface area contributed by atoms with Crippen LogP contribution in [0, 0.1) is 13.8 Å². The van der Waals surface area contributed by atoms with Gasteiger partial charge in [0.1, 0.15) is 0 Å². The number of hydrogen-bond acceptors (Lipinski definition) is 3. The number of thiophene rings is 1. The number of nitrogens with one attached hydrogen (secondary N) is 1. The highest BCUT2D eigenvalue weighted by molar-refractivity contribution is 7.12. The first kappa shape index (κ1) is 17.5. The monoisotopic (exact) mass is 376 g/mol. The summed E-state index contributed by atoms with van der Waals surface area (Å²) in [6, 6.07) is 15.2. The minimum Gasteiger partial charge on any atom is -0.322 e. The van der Waals surface area contributed by atoms with Crippen LogP contribution < -0.4 is 10.2 Å². The predicted octanol–water partition coefficient (Wildman–Crippen LogP) is 4.82. The minimum atomic E-state index is -0.146. The molecule has 4 nitrogen and oxygen atoms in total. The Hall–Kier alpha value is -2.92. The Morgan fingerprint density at radius 2 is 1.89 bits per heavy atom. The molecule has 0 saturated carbocycles. The molecule has 1 aromatic heterocycles. The molecule has 0 unspecified atom stereocenters. The van der Waals surface area contributed by atoms with E-state index in [1.165, 1.54) is 11.3 Å². The average Bonchev–Trinajstić information content (AvgIpc) is 3.33. The van der Waals surface area contributed by atoms with E-state index in [-0.39, 0.29) is 11.8 Å². The van der Waals surface area contributed by atoms with Gasteiger partial charge in [0.25, 0.3) is 11.8 Å². The molecule has 0 aliphatic carbocycles. The average molecular weight is 376 g/mol. The summed E-state index contributed by atoms with van der Waals surface area (Å²) in [6.45, 7) is 4.69. The summed E-state index contributed by atoms with van der Waals surface area (Å²) in [7, 11) is 0. The van der Waals surface area contributed by atoms with Crippen molar-refractivity contribution in [2.24, 2.45) is 0 Å². The fraction of sp³-hybridized carbons (Fsp3) is 0.182. The van der Waals surface area contributed by atoms with E-state index in [1.807, 2.05) is 67.8 Å². The summed E-state index contributed by atoms with van der Waals surface area (Å²) in [5, 5.41) is 4.86. The molecule has 0 bridgehead atoms. The Morgan fingerprint density at radius 1 is 1.04 bits per heavy atom. The molecule has 136 valence electrons. The molecule has 0 radical (unpaired) electrons. The van der Waals surface area contributed by atoms with Crippen LogP contribution in [-0.2, 0) is 6.42 Å². The van der Waals surface area contributed by atoms with E-state index < -0.39 is 0 Å². The van der Waals surface area contributed by atoms with Crippen molar-refractivity contribution in [1.82, 2.24) is 0 Å². The minimum absolute atomic E-state index is 0.0152. The van der Waals surface area contributed by atoms with Gasteiger partial charge in [0.05, 0.1) is 4.88 Å². The van der Waals surface area contributed by atoms with E-state index in [0.717, 1.165) is 33.7 Å². The molecule has 1 N–H and O–H groups in total. The van der Waals surface area contributed by atoms with Crippen LogP contribution in [0.2, 0.25) is 0 Å². The largest absolute Gasteiger partial charge is 0.322 e. The van der Waals surface area contributed by atoms with Crippen LogP contribution in [0.5, 0.6) is 0 Å². The number of carbonyl (C=O) groups is 2. The van der Waals surface area contributed by atoms with Crippen molar-refractivity contribution in [3.05, 3.63) is 81.0 Å². The van der Waals surface area contributed by atoms with Gasteiger partial charge in [-0.3, -0.25) is 9.59 Å². The second-order valence-corrected chi connectivity index (χ2v) is 7.73. The van der Waals surface area contributed by atoms with Crippen molar-refractivity contribution < 1.29 is 9.59 Å². The molecule has 3 aromatic rings. The molecule has 5 heteroatoms. The number of amides is 2. The number of benzene rings is 2. The predicted molar refractivity (Wildman–Crippen MR) is 110 cm³/mol. The van der Waals surface area contributed by atoms with E-state index >= 15 is 0 Å². The second-order valence-electron chi connectivity index (χ2n) is 6.78. The zero-order valence-corrected chi connectivity index (χ0v) is 16.1. The van der Waals surface area contributed by atoms with Crippen molar-refractivity contribution in [2.75, 3.05) is 16.8 Å². The van der Waals surface area contributed by atoms with E-state index in [2.05, 4.69) is 5.32 Å². The highest BCUT2D eigenvalue weighted by atomic mass is 32.1. The van der Waals surface area contributed by atoms with Gasteiger partial charge in [-0.1, -0.05) is 18.2 Å². The van der Waals surface area contributed by atoms with Gasteiger partial charge in [0, 0.05) is 23.5 Å². The Balaban J connectivity index is 1.57. The maximum absolute atomic E-state index is 12.7. The highest BCUT2D eigenvalue weighted by Gasteiger charge is 2.26. The van der Waals surface area contributed by atoms with Crippen molar-refractivity contribution in [3.8, 4) is 0 Å². The SMILES string of the molecule is Cc1ccc(C(=O)Nc2ccc3c(c2)N(C(=O)c2cccs2)CC3)cc1C. The van der Waals surface area contributed by atoms with E-state index in [1.54, 1.807) is 4.90 Å². The van der Waals surface area contributed by atoms with E-state index in [4.69, 9.17) is 0 Å². The molecule has 0 saturated heterocycles. The van der Waals surface area contributed by atoms with Crippen LogP contribution >= 0.6 is 11.3 Å². The van der Waals surface area contributed by atoms with Crippen LogP contribution in [0.25, 0.3) is 0 Å². The van der Waals surface area contributed by atoms with Crippen LogP contribution in [0.4, 0.5) is 11.4 Å². The Morgan fingerprint density at radius 3 is 2.63 bits per heavy atom. The van der Waals surface area contributed by atoms with E-state index in [9.17, 15) is 9.59 Å². The third-order valence-electron chi connectivity index (χ3n) is 4.98. The van der Waals surface area contributed by atoms with Crippen LogP contribution in [0.3, 0.4) is 0 Å². The Labute approximate surface area is 162 Å². The molecule has 1 aliphatic heterocycles. The van der Waals surface area contributed by atoms with Gasteiger partial charge in [-0.15, -0.1) is 11.3 Å². The Bertz CT molecular complexity index is 1020. The first-order chi connectivity index (χ1) is 13.0. The topological polar surface area (TPSA) is 49.4 Å². The summed E-state index contributed by atoms with van der Waals surface area (Å²) >= 11 is 1.45. The van der Waals surface area contributed by atoms with Gasteiger partial charge in [0.15, 0.2) is 0 Å². The fourth-order valence-electron chi connectivity index (χ4n) is 3.29. The molecule has 0 spiro atoms. The third kappa shape index (κ3) is 3.38. The Kier molecular flexibility index (Phi) is 4.54. The summed E-state index contributed by atoms with van der Waals surface area (Å²) in [5.41, 5.74) is 5.58. The number of rotatable bonds is 3. The number of fused-ring (bicyclic) bond motifs is 1. The standard InChI is InChI=1S/C22H20N2O2S/c1-14-5-6-17(12-15(14)2)21(25)23-18-8-7-16-9-10-24(19(16)13-18)22(26)20-4-3-11-27-20/h3-8,11-13H,9-10H2,1-2H3,(H,23,25). The van der Waals surface area contributed by atoms with Gasteiger partial charge in [-0.25, -0.2) is 0 Å². The lowest BCUT2D eigenvalue weighted by Gasteiger charge is -2.17. The number of hydrogen-bond donors (Lipinski definition) is 1. The molecule has 2 aromatic carbocycles. The first-order valence-corrected chi connectivity index (χ1v) is 9.78. The zero-order chi connectivity index (χ0) is 19.0. The smallest absolute Gasteiger partial charge is 0.268 e. The van der Waals surface area contributed by atoms with Gasteiger partial charge < -0.3 is 10.2 Å². The number of anilines is 2. The maximum Gasteiger partial charge on any atom is 0.268 e. The zero-order valence-electron chi connectivity index (χ0n) is 15.3. The van der Waals surface area contributed by atoms with Gasteiger partial charge in [-0.05, 0) is 72.7 Å². The van der Waals surface area contributed by atoms with Crippen LogP contribution in [-0.4, -0.2) is 18.4 Å². The number of carbonyl (C=O) groups excluding carboxylic acids is 2. The first-order valence-electron chi connectivity index (χ1n) is 8.90. The second kappa shape index (κ2) is 7.00. The summed E-state index contributed by atoms with van der Waals surface area (Å²) in [6.07, 6.45) is 0.831. The number of nitrogens with zero attached hydrogens (tertiary/aromatic N) is 1. The lowest BCUT2D eigenvalue weighted by atomic mass is 10.1. The molecular weight excluding hydrogens is 356 g/mol. The van der Waals surface area contributed by atoms with Gasteiger partial charge >= 0.3 is 0 Å². The molecule has 2 amide bonds. The summed E-state index contributed by atoms with van der Waals surface area (Å²) < 4.78 is 0. The molecule has 2 heterocycles. The summed E-state index contributed by atoms with van der Waals surface area (Å²) in [4.78, 5) is 27.9. The molecule has 27 heavy (non-hydrogen) atoms. The van der Waals surface area contributed by atoms with Crippen LogP contribution in [0.1, 0.15) is 36.7 Å². The van der Waals surface area contributed by atoms with Crippen molar-refractivity contribution in [3.63, 3.8) is 0 Å². The highest BCUT2D eigenvalue weighted by Crippen LogP contribution is 2.32. The van der Waals surface area contributed by atoms with Gasteiger partial charge in [-0.2, -0.15) is 0 Å². The third-order valence-corrected chi connectivity index (χ3v) is 5.84. The van der Waals surface area contributed by atoms with Crippen molar-refractivity contribution >= 4 is 34.5 Å². The number of aryl methyl sites for hydroxylation is 2. The van der Waals surface area contributed by atoms with Crippen molar-refractivity contribution in [2.45, 2.75) is 20.3 Å². The molecule has 4 rings (SSSR count). The lowest BCUT2D eigenvalue weighted by Crippen LogP contribution is -2.28. The maximum atomic E-state index is 12.7. The molecule has 1 aliphatic rings. The lowest BCUT2D eigenvalue weighted by molar-refractivity contribution is 0.0991. The van der Waals surface area contributed by atoms with Crippen LogP contribution in [0.15, 0.2) is 53.9 Å². The summed E-state index contributed by atoms with van der Waals surface area (Å²) in [5.74, 6) is -0.131. The van der Waals surface area contributed by atoms with Crippen molar-refractivity contribution in [1.29, 1.82) is 0 Å². The normalized spacial score (nSPS) is 12.7. The molecule has 0 atom stereocenters. The molecular formula is C22H20N2O2S. The van der Waals surface area contributed by atoms with Gasteiger partial charge in [0.2, 0.25) is 0 Å². The quantitative estimate of drug-likeness (QED) is 0.712.